The van der Waals surface area contributed by atoms with Crippen LogP contribution in [0.1, 0.15) is 37.6 Å². The maximum Gasteiger partial charge on any atom is 0.252 e. The highest BCUT2D eigenvalue weighted by Gasteiger charge is 2.09. The van der Waals surface area contributed by atoms with Gasteiger partial charge in [-0.15, -0.1) is 0 Å². The number of carbonyl (C=O) groups is 1. The molecular formula is C13H20ClN3O. The Labute approximate surface area is 113 Å². The van der Waals surface area contributed by atoms with Gasteiger partial charge in [-0.25, -0.2) is 4.98 Å². The van der Waals surface area contributed by atoms with Gasteiger partial charge in [-0.1, -0.05) is 32.4 Å². The van der Waals surface area contributed by atoms with Crippen molar-refractivity contribution in [3.8, 4) is 0 Å². The predicted molar refractivity (Wildman–Crippen MR) is 75.2 cm³/mol. The van der Waals surface area contributed by atoms with E-state index in [1.807, 2.05) is 13.8 Å². The molecule has 0 aliphatic carbocycles. The van der Waals surface area contributed by atoms with E-state index in [1.54, 1.807) is 12.3 Å². The minimum absolute atomic E-state index is 0.139. The van der Waals surface area contributed by atoms with E-state index in [0.29, 0.717) is 28.9 Å². The van der Waals surface area contributed by atoms with E-state index in [2.05, 4.69) is 22.5 Å². The highest BCUT2D eigenvalue weighted by atomic mass is 35.5. The molecule has 0 bridgehead atoms. The van der Waals surface area contributed by atoms with Gasteiger partial charge < -0.3 is 10.6 Å². The molecule has 1 aromatic rings. The van der Waals surface area contributed by atoms with Gasteiger partial charge in [0.2, 0.25) is 0 Å². The number of hydrogen-bond donors (Lipinski definition) is 2. The molecule has 0 saturated carbocycles. The maximum atomic E-state index is 11.8. The Morgan fingerprint density at radius 3 is 2.78 bits per heavy atom. The second-order valence-corrected chi connectivity index (χ2v) is 4.99. The second kappa shape index (κ2) is 7.21. The molecule has 4 nitrogen and oxygen atoms in total. The van der Waals surface area contributed by atoms with Crippen molar-refractivity contribution in [2.75, 3.05) is 18.4 Å². The Morgan fingerprint density at radius 1 is 1.50 bits per heavy atom. The van der Waals surface area contributed by atoms with Crippen molar-refractivity contribution >= 4 is 23.3 Å². The summed E-state index contributed by atoms with van der Waals surface area (Å²) in [7, 11) is 0. The largest absolute Gasteiger partial charge is 0.369 e. The lowest BCUT2D eigenvalue weighted by Crippen LogP contribution is -2.27. The first-order valence-corrected chi connectivity index (χ1v) is 6.60. The third-order valence-electron chi connectivity index (χ3n) is 2.32. The smallest absolute Gasteiger partial charge is 0.252 e. The summed E-state index contributed by atoms with van der Waals surface area (Å²) in [6, 6.07) is 1.64. The van der Waals surface area contributed by atoms with Crippen molar-refractivity contribution in [1.29, 1.82) is 0 Å². The lowest BCUT2D eigenvalue weighted by Gasteiger charge is -2.09. The lowest BCUT2D eigenvalue weighted by atomic mass is 10.2. The number of aromatic nitrogens is 1. The second-order valence-electron chi connectivity index (χ2n) is 4.59. The molecule has 0 atom stereocenters. The molecule has 0 unspecified atom stereocenters. The van der Waals surface area contributed by atoms with Gasteiger partial charge in [-0.05, 0) is 18.4 Å². The fourth-order valence-corrected chi connectivity index (χ4v) is 1.57. The van der Waals surface area contributed by atoms with Crippen LogP contribution in [0, 0.1) is 5.92 Å². The van der Waals surface area contributed by atoms with E-state index in [1.165, 1.54) is 0 Å². The number of pyridine rings is 1. The van der Waals surface area contributed by atoms with Crippen LogP contribution in [0.25, 0.3) is 0 Å². The minimum atomic E-state index is -0.139. The van der Waals surface area contributed by atoms with Gasteiger partial charge in [0.25, 0.3) is 5.91 Å². The molecule has 0 spiro atoms. The maximum absolute atomic E-state index is 11.8. The first-order chi connectivity index (χ1) is 8.54. The summed E-state index contributed by atoms with van der Waals surface area (Å²) in [6.07, 6.45) is 2.54. The number of amides is 1. The highest BCUT2D eigenvalue weighted by Crippen LogP contribution is 2.19. The van der Waals surface area contributed by atoms with Crippen LogP contribution in [0.15, 0.2) is 12.3 Å². The molecule has 0 radical (unpaired) electrons. The van der Waals surface area contributed by atoms with E-state index < -0.39 is 0 Å². The summed E-state index contributed by atoms with van der Waals surface area (Å²) in [5.74, 6) is 0.905. The number of nitrogens with zero attached hydrogens (tertiary/aromatic N) is 1. The molecule has 2 N–H and O–H groups in total. The van der Waals surface area contributed by atoms with Crippen LogP contribution in [0.4, 0.5) is 5.82 Å². The van der Waals surface area contributed by atoms with Gasteiger partial charge in [0.15, 0.2) is 0 Å². The predicted octanol–water partition coefficient (Wildman–Crippen LogP) is 2.94. The van der Waals surface area contributed by atoms with Crippen molar-refractivity contribution in [1.82, 2.24) is 10.3 Å². The van der Waals surface area contributed by atoms with Crippen molar-refractivity contribution < 1.29 is 4.79 Å². The van der Waals surface area contributed by atoms with Crippen LogP contribution in [-0.4, -0.2) is 24.0 Å². The average Bonchev–Trinajstić information content (AvgIpc) is 2.34. The molecular weight excluding hydrogens is 250 g/mol. The molecule has 0 fully saturated rings. The fraction of sp³-hybridized carbons (Fsp3) is 0.538. The molecule has 0 aromatic carbocycles. The van der Waals surface area contributed by atoms with Gasteiger partial charge in [-0.2, -0.15) is 0 Å². The molecule has 1 heterocycles. The van der Waals surface area contributed by atoms with E-state index in [4.69, 9.17) is 11.6 Å². The Bertz CT molecular complexity index is 407. The third kappa shape index (κ3) is 4.53. The van der Waals surface area contributed by atoms with Gasteiger partial charge in [-0.3, -0.25) is 4.79 Å². The standard InChI is InChI=1S/C13H20ClN3O/c1-4-5-15-12-11(14)6-10(8-16-12)13(18)17-7-9(2)3/h6,8-9H,4-5,7H2,1-3H3,(H,15,16)(H,17,18). The average molecular weight is 270 g/mol. The molecule has 0 aliphatic rings. The fourth-order valence-electron chi connectivity index (χ4n) is 1.33. The third-order valence-corrected chi connectivity index (χ3v) is 2.60. The Balaban J connectivity index is 2.68. The Morgan fingerprint density at radius 2 is 2.22 bits per heavy atom. The van der Waals surface area contributed by atoms with Crippen LogP contribution in [-0.2, 0) is 0 Å². The summed E-state index contributed by atoms with van der Waals surface area (Å²) in [5, 5.41) is 6.41. The van der Waals surface area contributed by atoms with Crippen LogP contribution in [0.5, 0.6) is 0 Å². The van der Waals surface area contributed by atoms with Crippen LogP contribution >= 0.6 is 11.6 Å². The molecule has 1 rings (SSSR count). The molecule has 18 heavy (non-hydrogen) atoms. The Kier molecular flexibility index (Phi) is 5.92. The number of anilines is 1. The molecule has 100 valence electrons. The zero-order valence-corrected chi connectivity index (χ0v) is 11.8. The lowest BCUT2D eigenvalue weighted by molar-refractivity contribution is 0.0948. The van der Waals surface area contributed by atoms with Gasteiger partial charge in [0, 0.05) is 19.3 Å². The van der Waals surface area contributed by atoms with Gasteiger partial charge >= 0.3 is 0 Å². The van der Waals surface area contributed by atoms with Crippen LogP contribution in [0.3, 0.4) is 0 Å². The summed E-state index contributed by atoms with van der Waals surface area (Å²) in [5.41, 5.74) is 0.489. The number of rotatable bonds is 6. The number of nitrogens with one attached hydrogen (secondary N) is 2. The normalized spacial score (nSPS) is 10.5. The van der Waals surface area contributed by atoms with E-state index in [9.17, 15) is 4.79 Å². The van der Waals surface area contributed by atoms with Crippen molar-refractivity contribution in [3.63, 3.8) is 0 Å². The zero-order valence-electron chi connectivity index (χ0n) is 11.1. The van der Waals surface area contributed by atoms with E-state index >= 15 is 0 Å². The number of halogens is 1. The first kappa shape index (κ1) is 14.8. The first-order valence-electron chi connectivity index (χ1n) is 6.22. The topological polar surface area (TPSA) is 54.0 Å². The Hall–Kier alpha value is -1.29. The summed E-state index contributed by atoms with van der Waals surface area (Å²) >= 11 is 6.07. The number of carbonyl (C=O) groups excluding carboxylic acids is 1. The number of hydrogen-bond acceptors (Lipinski definition) is 3. The van der Waals surface area contributed by atoms with Crippen molar-refractivity contribution in [2.45, 2.75) is 27.2 Å². The molecule has 5 heteroatoms. The SMILES string of the molecule is CCCNc1ncc(C(=O)NCC(C)C)cc1Cl. The highest BCUT2D eigenvalue weighted by molar-refractivity contribution is 6.33. The van der Waals surface area contributed by atoms with Crippen LogP contribution < -0.4 is 10.6 Å². The van der Waals surface area contributed by atoms with E-state index in [0.717, 1.165) is 13.0 Å². The van der Waals surface area contributed by atoms with Crippen molar-refractivity contribution in [3.05, 3.63) is 22.8 Å². The summed E-state index contributed by atoms with van der Waals surface area (Å²) in [4.78, 5) is 16.0. The van der Waals surface area contributed by atoms with Crippen molar-refractivity contribution in [2.24, 2.45) is 5.92 Å². The molecule has 0 saturated heterocycles. The quantitative estimate of drug-likeness (QED) is 0.835. The summed E-state index contributed by atoms with van der Waals surface area (Å²) in [6.45, 7) is 7.61. The van der Waals surface area contributed by atoms with Gasteiger partial charge in [0.05, 0.1) is 10.6 Å². The molecule has 1 aromatic heterocycles. The molecule has 0 aliphatic heterocycles. The monoisotopic (exact) mass is 269 g/mol. The summed E-state index contributed by atoms with van der Waals surface area (Å²) < 4.78 is 0. The molecule has 1 amide bonds. The zero-order chi connectivity index (χ0) is 13.5. The minimum Gasteiger partial charge on any atom is -0.369 e. The van der Waals surface area contributed by atoms with Gasteiger partial charge in [0.1, 0.15) is 5.82 Å². The van der Waals surface area contributed by atoms with E-state index in [-0.39, 0.29) is 5.91 Å². The van der Waals surface area contributed by atoms with Crippen LogP contribution in [0.2, 0.25) is 5.02 Å².